The van der Waals surface area contributed by atoms with Crippen molar-refractivity contribution in [2.45, 2.75) is 25.7 Å². The minimum Gasteiger partial charge on any atom is -0.481 e. The highest BCUT2D eigenvalue weighted by atomic mass is 32.2. The lowest BCUT2D eigenvalue weighted by molar-refractivity contribution is -0.143. The number of carboxylic acids is 1. The molecule has 0 aromatic carbocycles. The number of amides is 2. The van der Waals surface area contributed by atoms with Crippen LogP contribution in [0.3, 0.4) is 0 Å². The number of carboxylic acid groups (broad SMARTS) is 1. The third-order valence-corrected chi connectivity index (χ3v) is 4.48. The van der Waals surface area contributed by atoms with E-state index in [4.69, 9.17) is 5.11 Å². The van der Waals surface area contributed by atoms with Gasteiger partial charge in [-0.2, -0.15) is 11.8 Å². The molecule has 0 radical (unpaired) electrons. The minimum absolute atomic E-state index is 0.135. The minimum atomic E-state index is -0.689. The summed E-state index contributed by atoms with van der Waals surface area (Å²) in [6, 6.07) is -0.135. The van der Waals surface area contributed by atoms with Gasteiger partial charge in [0.05, 0.1) is 5.92 Å². The number of aliphatic carboxylic acids is 1. The van der Waals surface area contributed by atoms with Crippen LogP contribution in [0.4, 0.5) is 4.79 Å². The Balaban J connectivity index is 2.04. The summed E-state index contributed by atoms with van der Waals surface area (Å²) in [7, 11) is 0. The molecule has 3 N–H and O–H groups in total. The summed E-state index contributed by atoms with van der Waals surface area (Å²) in [6.45, 7) is 4.92. The third-order valence-electron chi connectivity index (χ3n) is 3.51. The Labute approximate surface area is 124 Å². The van der Waals surface area contributed by atoms with Gasteiger partial charge in [0.15, 0.2) is 0 Å². The van der Waals surface area contributed by atoms with E-state index in [0.29, 0.717) is 19.0 Å². The lowest BCUT2D eigenvalue weighted by Gasteiger charge is -2.26. The van der Waals surface area contributed by atoms with Crippen LogP contribution in [0.2, 0.25) is 0 Å². The molecule has 1 saturated carbocycles. The standard InChI is InChI=1S/C14H24N2O3S/c1-2-8-20-9-7-15-14(19)16-10-11-3-5-12(6-4-11)13(17)18/h2,11-12H,1,3-10H2,(H,17,18)(H2,15,16,19). The van der Waals surface area contributed by atoms with Crippen LogP contribution in [0.15, 0.2) is 12.7 Å². The molecule has 2 amide bonds. The number of carbonyl (C=O) groups excluding carboxylic acids is 1. The first kappa shape index (κ1) is 16.9. The van der Waals surface area contributed by atoms with Crippen molar-refractivity contribution in [2.24, 2.45) is 11.8 Å². The molecule has 0 atom stereocenters. The van der Waals surface area contributed by atoms with Crippen LogP contribution in [0, 0.1) is 11.8 Å². The Morgan fingerprint density at radius 2 is 1.95 bits per heavy atom. The number of urea groups is 1. The summed E-state index contributed by atoms with van der Waals surface area (Å²) < 4.78 is 0. The Kier molecular flexibility index (Phi) is 8.18. The van der Waals surface area contributed by atoms with Gasteiger partial charge in [-0.15, -0.1) is 6.58 Å². The normalized spacial score (nSPS) is 22.0. The molecular weight excluding hydrogens is 276 g/mol. The molecule has 0 aromatic rings. The average molecular weight is 300 g/mol. The molecule has 1 fully saturated rings. The molecule has 114 valence electrons. The first-order chi connectivity index (χ1) is 9.63. The maximum Gasteiger partial charge on any atom is 0.314 e. The summed E-state index contributed by atoms with van der Waals surface area (Å²) in [5.74, 6) is 1.30. The molecular formula is C14H24N2O3S. The number of nitrogens with one attached hydrogen (secondary N) is 2. The predicted octanol–water partition coefficient (Wildman–Crippen LogP) is 2.10. The molecule has 0 aliphatic heterocycles. The maximum atomic E-state index is 11.5. The number of hydrogen-bond donors (Lipinski definition) is 3. The van der Waals surface area contributed by atoms with Crippen molar-refractivity contribution in [1.82, 2.24) is 10.6 Å². The molecule has 0 unspecified atom stereocenters. The van der Waals surface area contributed by atoms with Crippen molar-refractivity contribution >= 4 is 23.8 Å². The molecule has 1 rings (SSSR count). The highest BCUT2D eigenvalue weighted by molar-refractivity contribution is 7.99. The fourth-order valence-corrected chi connectivity index (χ4v) is 2.90. The zero-order chi connectivity index (χ0) is 14.8. The van der Waals surface area contributed by atoms with Gasteiger partial charge >= 0.3 is 12.0 Å². The molecule has 0 bridgehead atoms. The predicted molar refractivity (Wildman–Crippen MR) is 82.0 cm³/mol. The van der Waals surface area contributed by atoms with Gasteiger partial charge < -0.3 is 15.7 Å². The second-order valence-electron chi connectivity index (χ2n) is 5.06. The fraction of sp³-hybridized carbons (Fsp3) is 0.714. The van der Waals surface area contributed by atoms with E-state index in [2.05, 4.69) is 17.2 Å². The quantitative estimate of drug-likeness (QED) is 0.474. The van der Waals surface area contributed by atoms with E-state index < -0.39 is 5.97 Å². The van der Waals surface area contributed by atoms with E-state index in [1.165, 1.54) is 0 Å². The van der Waals surface area contributed by atoms with Crippen molar-refractivity contribution in [1.29, 1.82) is 0 Å². The van der Waals surface area contributed by atoms with E-state index in [1.807, 2.05) is 6.08 Å². The van der Waals surface area contributed by atoms with Gasteiger partial charge in [0.2, 0.25) is 0 Å². The highest BCUT2D eigenvalue weighted by Gasteiger charge is 2.25. The summed E-state index contributed by atoms with van der Waals surface area (Å²) in [4.78, 5) is 22.4. The molecule has 1 aliphatic carbocycles. The maximum absolute atomic E-state index is 11.5. The Hall–Kier alpha value is -1.17. The zero-order valence-electron chi connectivity index (χ0n) is 11.8. The van der Waals surface area contributed by atoms with Gasteiger partial charge in [-0.3, -0.25) is 4.79 Å². The van der Waals surface area contributed by atoms with Crippen LogP contribution in [0.5, 0.6) is 0 Å². The van der Waals surface area contributed by atoms with Gasteiger partial charge in [-0.05, 0) is 31.6 Å². The van der Waals surface area contributed by atoms with Crippen molar-refractivity contribution in [3.8, 4) is 0 Å². The van der Waals surface area contributed by atoms with Crippen LogP contribution in [0.25, 0.3) is 0 Å². The topological polar surface area (TPSA) is 78.4 Å². The molecule has 0 aromatic heterocycles. The lowest BCUT2D eigenvalue weighted by Crippen LogP contribution is -2.40. The van der Waals surface area contributed by atoms with E-state index in [-0.39, 0.29) is 11.9 Å². The van der Waals surface area contributed by atoms with Crippen LogP contribution >= 0.6 is 11.8 Å². The SMILES string of the molecule is C=CCSCCNC(=O)NCC1CCC(C(=O)O)CC1. The zero-order valence-corrected chi connectivity index (χ0v) is 12.6. The first-order valence-corrected chi connectivity index (χ1v) is 8.22. The van der Waals surface area contributed by atoms with Crippen molar-refractivity contribution < 1.29 is 14.7 Å². The van der Waals surface area contributed by atoms with Gasteiger partial charge in [-0.25, -0.2) is 4.79 Å². The van der Waals surface area contributed by atoms with E-state index in [1.54, 1.807) is 11.8 Å². The Morgan fingerprint density at radius 3 is 2.55 bits per heavy atom. The second-order valence-corrected chi connectivity index (χ2v) is 6.21. The molecule has 1 aliphatic rings. The molecule has 0 saturated heterocycles. The summed E-state index contributed by atoms with van der Waals surface area (Å²) in [6.07, 6.45) is 5.06. The Morgan fingerprint density at radius 1 is 1.25 bits per heavy atom. The number of rotatable bonds is 8. The number of carbonyl (C=O) groups is 2. The second kappa shape index (κ2) is 9.69. The molecule has 20 heavy (non-hydrogen) atoms. The third kappa shape index (κ3) is 6.84. The van der Waals surface area contributed by atoms with Crippen LogP contribution in [-0.4, -0.2) is 41.7 Å². The smallest absolute Gasteiger partial charge is 0.314 e. The van der Waals surface area contributed by atoms with Crippen molar-refractivity contribution in [3.63, 3.8) is 0 Å². The lowest BCUT2D eigenvalue weighted by atomic mass is 9.82. The summed E-state index contributed by atoms with van der Waals surface area (Å²) in [5.41, 5.74) is 0. The van der Waals surface area contributed by atoms with Crippen LogP contribution in [0.1, 0.15) is 25.7 Å². The number of hydrogen-bond acceptors (Lipinski definition) is 3. The van der Waals surface area contributed by atoms with Gasteiger partial charge in [0.25, 0.3) is 0 Å². The van der Waals surface area contributed by atoms with Crippen LogP contribution in [-0.2, 0) is 4.79 Å². The molecule has 5 nitrogen and oxygen atoms in total. The number of thioether (sulfide) groups is 1. The highest BCUT2D eigenvalue weighted by Crippen LogP contribution is 2.28. The monoisotopic (exact) mass is 300 g/mol. The van der Waals surface area contributed by atoms with E-state index in [0.717, 1.165) is 37.2 Å². The Bertz CT molecular complexity index is 328. The van der Waals surface area contributed by atoms with Crippen LogP contribution < -0.4 is 10.6 Å². The fourth-order valence-electron chi connectivity index (χ4n) is 2.32. The largest absolute Gasteiger partial charge is 0.481 e. The van der Waals surface area contributed by atoms with E-state index >= 15 is 0 Å². The van der Waals surface area contributed by atoms with Gasteiger partial charge in [-0.1, -0.05) is 6.08 Å². The summed E-state index contributed by atoms with van der Waals surface area (Å²) in [5, 5.41) is 14.6. The molecule has 0 spiro atoms. The average Bonchev–Trinajstić information content (AvgIpc) is 2.45. The summed E-state index contributed by atoms with van der Waals surface area (Å²) >= 11 is 1.73. The van der Waals surface area contributed by atoms with Gasteiger partial charge in [0.1, 0.15) is 0 Å². The van der Waals surface area contributed by atoms with Crippen molar-refractivity contribution in [3.05, 3.63) is 12.7 Å². The van der Waals surface area contributed by atoms with E-state index in [9.17, 15) is 9.59 Å². The molecule has 0 heterocycles. The molecule has 6 heteroatoms. The van der Waals surface area contributed by atoms with Crippen molar-refractivity contribution in [2.75, 3.05) is 24.6 Å². The first-order valence-electron chi connectivity index (χ1n) is 7.06. The van der Waals surface area contributed by atoms with Gasteiger partial charge in [0, 0.05) is 24.6 Å².